The number of hydrogen-bond acceptors (Lipinski definition) is 3. The standard InChI is InChI=1S/C15H9F2NO3/c1-8-4-10(15(19)20)2-3-13(8)21-14-11(16)5-9(7-18)6-12(14)17/h2-6H,1H3,(H,19,20). The van der Waals surface area contributed by atoms with Gasteiger partial charge in [-0.25, -0.2) is 13.6 Å². The van der Waals surface area contributed by atoms with Crippen LogP contribution in [0.4, 0.5) is 8.78 Å². The molecule has 0 amide bonds. The van der Waals surface area contributed by atoms with Crippen LogP contribution in [0.15, 0.2) is 30.3 Å². The number of ether oxygens (including phenoxy) is 1. The molecule has 2 aromatic rings. The summed E-state index contributed by atoms with van der Waals surface area (Å²) in [6.07, 6.45) is 0. The lowest BCUT2D eigenvalue weighted by Crippen LogP contribution is -1.99. The van der Waals surface area contributed by atoms with E-state index in [0.29, 0.717) is 5.56 Å². The molecule has 2 rings (SSSR count). The first-order valence-electron chi connectivity index (χ1n) is 5.83. The van der Waals surface area contributed by atoms with E-state index in [2.05, 4.69) is 0 Å². The SMILES string of the molecule is Cc1cc(C(=O)O)ccc1Oc1c(F)cc(C#N)cc1F. The van der Waals surface area contributed by atoms with E-state index in [0.717, 1.165) is 12.1 Å². The average Bonchev–Trinajstić information content (AvgIpc) is 2.43. The number of benzene rings is 2. The molecule has 21 heavy (non-hydrogen) atoms. The molecule has 0 atom stereocenters. The van der Waals surface area contributed by atoms with Crippen molar-refractivity contribution in [3.63, 3.8) is 0 Å². The number of carboxylic acid groups (broad SMARTS) is 1. The molecule has 0 aliphatic rings. The molecular formula is C15H9F2NO3. The largest absolute Gasteiger partial charge is 0.478 e. The fraction of sp³-hybridized carbons (Fsp3) is 0.0667. The van der Waals surface area contributed by atoms with E-state index in [9.17, 15) is 13.6 Å². The van der Waals surface area contributed by atoms with Crippen LogP contribution in [0.3, 0.4) is 0 Å². The Kier molecular flexibility index (Phi) is 3.85. The molecule has 2 aromatic carbocycles. The Hall–Kier alpha value is -2.94. The van der Waals surface area contributed by atoms with Crippen LogP contribution in [0.1, 0.15) is 21.5 Å². The molecule has 1 N–H and O–H groups in total. The van der Waals surface area contributed by atoms with Crippen molar-refractivity contribution in [2.75, 3.05) is 0 Å². The van der Waals surface area contributed by atoms with Crippen molar-refractivity contribution in [3.8, 4) is 17.6 Å². The summed E-state index contributed by atoms with van der Waals surface area (Å²) in [6, 6.07) is 7.26. The van der Waals surface area contributed by atoms with Crippen LogP contribution < -0.4 is 4.74 Å². The van der Waals surface area contributed by atoms with Gasteiger partial charge < -0.3 is 9.84 Å². The van der Waals surface area contributed by atoms with Gasteiger partial charge in [-0.15, -0.1) is 0 Å². The predicted octanol–water partition coefficient (Wildman–Crippen LogP) is 3.64. The lowest BCUT2D eigenvalue weighted by atomic mass is 10.1. The number of carboxylic acids is 1. The zero-order chi connectivity index (χ0) is 15.6. The first-order chi connectivity index (χ1) is 9.92. The second-order valence-corrected chi connectivity index (χ2v) is 4.27. The number of hydrogen-bond donors (Lipinski definition) is 1. The predicted molar refractivity (Wildman–Crippen MR) is 69.3 cm³/mol. The molecule has 0 unspecified atom stereocenters. The lowest BCUT2D eigenvalue weighted by Gasteiger charge is -2.11. The van der Waals surface area contributed by atoms with Crippen molar-refractivity contribution >= 4 is 5.97 Å². The van der Waals surface area contributed by atoms with Gasteiger partial charge >= 0.3 is 5.97 Å². The summed E-state index contributed by atoms with van der Waals surface area (Å²) in [6.45, 7) is 1.56. The highest BCUT2D eigenvalue weighted by Crippen LogP contribution is 2.30. The van der Waals surface area contributed by atoms with Gasteiger partial charge in [-0.3, -0.25) is 0 Å². The van der Waals surface area contributed by atoms with Gasteiger partial charge in [0.05, 0.1) is 17.2 Å². The molecule has 0 aliphatic carbocycles. The van der Waals surface area contributed by atoms with Crippen LogP contribution in [0.25, 0.3) is 0 Å². The lowest BCUT2D eigenvalue weighted by molar-refractivity contribution is 0.0696. The van der Waals surface area contributed by atoms with Crippen LogP contribution in [0.5, 0.6) is 11.5 Å². The molecule has 0 fully saturated rings. The van der Waals surface area contributed by atoms with E-state index < -0.39 is 23.4 Å². The Morgan fingerprint density at radius 3 is 2.33 bits per heavy atom. The Morgan fingerprint density at radius 1 is 1.24 bits per heavy atom. The topological polar surface area (TPSA) is 70.3 Å². The third-order valence-electron chi connectivity index (χ3n) is 2.76. The van der Waals surface area contributed by atoms with Gasteiger partial charge in [0.15, 0.2) is 17.4 Å². The van der Waals surface area contributed by atoms with Gasteiger partial charge in [0.1, 0.15) is 5.75 Å². The molecule has 0 spiro atoms. The smallest absolute Gasteiger partial charge is 0.335 e. The molecule has 4 nitrogen and oxygen atoms in total. The number of carbonyl (C=O) groups is 1. The third-order valence-corrected chi connectivity index (χ3v) is 2.76. The minimum absolute atomic E-state index is 0.0422. The van der Waals surface area contributed by atoms with Crippen LogP contribution >= 0.6 is 0 Å². The molecule has 106 valence electrons. The number of halogens is 2. The number of aryl methyl sites for hydroxylation is 1. The number of rotatable bonds is 3. The normalized spacial score (nSPS) is 10.0. The van der Waals surface area contributed by atoms with E-state index in [4.69, 9.17) is 15.1 Å². The Bertz CT molecular complexity index is 743. The quantitative estimate of drug-likeness (QED) is 0.936. The van der Waals surface area contributed by atoms with Crippen molar-refractivity contribution < 1.29 is 23.4 Å². The highest BCUT2D eigenvalue weighted by Gasteiger charge is 2.15. The maximum atomic E-state index is 13.7. The van der Waals surface area contributed by atoms with E-state index in [1.807, 2.05) is 0 Å². The molecule has 0 aliphatic heterocycles. The molecular weight excluding hydrogens is 280 g/mol. The van der Waals surface area contributed by atoms with E-state index in [1.54, 1.807) is 13.0 Å². The van der Waals surface area contributed by atoms with Gasteiger partial charge in [0.25, 0.3) is 0 Å². The summed E-state index contributed by atoms with van der Waals surface area (Å²) in [5.41, 5.74) is 0.300. The van der Waals surface area contributed by atoms with Gasteiger partial charge in [-0.05, 0) is 42.8 Å². The third kappa shape index (κ3) is 2.98. The Balaban J connectivity index is 2.39. The van der Waals surface area contributed by atoms with Gasteiger partial charge in [-0.2, -0.15) is 5.26 Å². The first kappa shape index (κ1) is 14.5. The van der Waals surface area contributed by atoms with Gasteiger partial charge in [0, 0.05) is 0 Å². The number of nitrogens with zero attached hydrogens (tertiary/aromatic N) is 1. The summed E-state index contributed by atoms with van der Waals surface area (Å²) in [5, 5.41) is 17.5. The fourth-order valence-electron chi connectivity index (χ4n) is 1.73. The first-order valence-corrected chi connectivity index (χ1v) is 5.83. The summed E-state index contributed by atoms with van der Waals surface area (Å²) in [4.78, 5) is 10.8. The van der Waals surface area contributed by atoms with E-state index >= 15 is 0 Å². The zero-order valence-corrected chi connectivity index (χ0v) is 10.9. The highest BCUT2D eigenvalue weighted by atomic mass is 19.1. The van der Waals surface area contributed by atoms with Crippen molar-refractivity contribution in [1.82, 2.24) is 0 Å². The minimum Gasteiger partial charge on any atom is -0.478 e. The van der Waals surface area contributed by atoms with Crippen molar-refractivity contribution in [1.29, 1.82) is 5.26 Å². The highest BCUT2D eigenvalue weighted by molar-refractivity contribution is 5.88. The second kappa shape index (κ2) is 5.59. The summed E-state index contributed by atoms with van der Waals surface area (Å²) in [7, 11) is 0. The summed E-state index contributed by atoms with van der Waals surface area (Å²) in [5.74, 6) is -3.63. The van der Waals surface area contributed by atoms with E-state index in [-0.39, 0.29) is 16.9 Å². The second-order valence-electron chi connectivity index (χ2n) is 4.27. The van der Waals surface area contributed by atoms with Crippen molar-refractivity contribution in [2.24, 2.45) is 0 Å². The Morgan fingerprint density at radius 2 is 1.86 bits per heavy atom. The van der Waals surface area contributed by atoms with Crippen molar-refractivity contribution in [2.45, 2.75) is 6.92 Å². The number of aromatic carboxylic acids is 1. The Labute approximate surface area is 118 Å². The average molecular weight is 289 g/mol. The molecule has 0 heterocycles. The molecule has 0 aromatic heterocycles. The zero-order valence-electron chi connectivity index (χ0n) is 10.9. The number of nitriles is 1. The molecule has 6 heteroatoms. The van der Waals surface area contributed by atoms with Gasteiger partial charge in [0.2, 0.25) is 0 Å². The van der Waals surface area contributed by atoms with Crippen LogP contribution in [0, 0.1) is 29.9 Å². The summed E-state index contributed by atoms with van der Waals surface area (Å²) < 4.78 is 32.6. The summed E-state index contributed by atoms with van der Waals surface area (Å²) >= 11 is 0. The van der Waals surface area contributed by atoms with Crippen molar-refractivity contribution in [3.05, 3.63) is 58.7 Å². The van der Waals surface area contributed by atoms with E-state index in [1.165, 1.54) is 18.2 Å². The molecule has 0 saturated heterocycles. The fourth-order valence-corrected chi connectivity index (χ4v) is 1.73. The monoisotopic (exact) mass is 289 g/mol. The maximum Gasteiger partial charge on any atom is 0.335 e. The maximum absolute atomic E-state index is 13.7. The molecule has 0 saturated carbocycles. The van der Waals surface area contributed by atoms with Crippen LogP contribution in [0.2, 0.25) is 0 Å². The van der Waals surface area contributed by atoms with Gasteiger partial charge in [-0.1, -0.05) is 0 Å². The van der Waals surface area contributed by atoms with Crippen LogP contribution in [-0.4, -0.2) is 11.1 Å². The molecule has 0 radical (unpaired) electrons. The molecule has 0 bridgehead atoms. The van der Waals surface area contributed by atoms with Crippen LogP contribution in [-0.2, 0) is 0 Å². The minimum atomic E-state index is -1.11.